The molecule has 31 heavy (non-hydrogen) atoms. The summed E-state index contributed by atoms with van der Waals surface area (Å²) in [7, 11) is 0. The first-order chi connectivity index (χ1) is 14.8. The van der Waals surface area contributed by atoms with Gasteiger partial charge in [-0.05, 0) is 55.0 Å². The fraction of sp³-hybridized carbons (Fsp3) is 0.0909. The Bertz CT molecular complexity index is 1330. The van der Waals surface area contributed by atoms with Crippen molar-refractivity contribution in [3.05, 3.63) is 79.6 Å². The molecule has 1 N–H and O–H groups in total. The quantitative estimate of drug-likeness (QED) is 0.362. The lowest BCUT2D eigenvalue weighted by atomic mass is 10.1. The maximum Gasteiger partial charge on any atom is 0.262 e. The first-order valence-corrected chi connectivity index (χ1v) is 10.1. The summed E-state index contributed by atoms with van der Waals surface area (Å²) in [4.78, 5) is 25.5. The molecule has 158 valence electrons. The van der Waals surface area contributed by atoms with E-state index in [1.54, 1.807) is 25.1 Å². The highest BCUT2D eigenvalue weighted by molar-refractivity contribution is 6.35. The van der Waals surface area contributed by atoms with Gasteiger partial charge in [-0.15, -0.1) is 0 Å². The van der Waals surface area contributed by atoms with Crippen molar-refractivity contribution in [1.82, 2.24) is 0 Å². The standard InChI is InChI=1S/C22H14Cl3NO5/c1-11-5-18-15(9-16(11)25)20(28)22(21(31-18)17-3-2-4-29-17)30-10-19(27)26-14-7-12(23)6-13(24)8-14/h2-9H,10H2,1H3,(H,26,27). The number of hydrogen-bond donors (Lipinski definition) is 1. The van der Waals surface area contributed by atoms with Crippen molar-refractivity contribution in [3.8, 4) is 17.3 Å². The number of rotatable bonds is 5. The highest BCUT2D eigenvalue weighted by atomic mass is 35.5. The summed E-state index contributed by atoms with van der Waals surface area (Å²) in [6.07, 6.45) is 1.44. The minimum Gasteiger partial charge on any atom is -0.476 e. The third kappa shape index (κ3) is 4.56. The first kappa shape index (κ1) is 21.3. The molecule has 0 aliphatic rings. The van der Waals surface area contributed by atoms with Crippen LogP contribution in [0.15, 0.2) is 62.4 Å². The molecule has 2 aromatic heterocycles. The van der Waals surface area contributed by atoms with Crippen molar-refractivity contribution in [2.24, 2.45) is 0 Å². The lowest BCUT2D eigenvalue weighted by molar-refractivity contribution is -0.118. The van der Waals surface area contributed by atoms with Crippen LogP contribution in [0.1, 0.15) is 5.56 Å². The van der Waals surface area contributed by atoms with E-state index in [-0.39, 0.29) is 22.7 Å². The second-order valence-electron chi connectivity index (χ2n) is 6.66. The van der Waals surface area contributed by atoms with Gasteiger partial charge in [-0.1, -0.05) is 34.8 Å². The van der Waals surface area contributed by atoms with Gasteiger partial charge >= 0.3 is 0 Å². The van der Waals surface area contributed by atoms with Gasteiger partial charge in [0.25, 0.3) is 5.91 Å². The largest absolute Gasteiger partial charge is 0.476 e. The molecular weight excluding hydrogens is 465 g/mol. The molecule has 4 aromatic rings. The number of benzene rings is 2. The van der Waals surface area contributed by atoms with Gasteiger partial charge < -0.3 is 18.9 Å². The molecule has 0 saturated heterocycles. The van der Waals surface area contributed by atoms with Crippen molar-refractivity contribution in [1.29, 1.82) is 0 Å². The topological polar surface area (TPSA) is 81.7 Å². The Morgan fingerprint density at radius 3 is 2.52 bits per heavy atom. The number of anilines is 1. The number of halogens is 3. The second-order valence-corrected chi connectivity index (χ2v) is 7.94. The van der Waals surface area contributed by atoms with E-state index < -0.39 is 17.9 Å². The Morgan fingerprint density at radius 2 is 1.84 bits per heavy atom. The van der Waals surface area contributed by atoms with Crippen LogP contribution in [0.4, 0.5) is 5.69 Å². The summed E-state index contributed by atoms with van der Waals surface area (Å²) in [5.74, 6) is -0.335. The maximum atomic E-state index is 13.1. The SMILES string of the molecule is Cc1cc2oc(-c3ccco3)c(OCC(=O)Nc3cc(Cl)cc(Cl)c3)c(=O)c2cc1Cl. The van der Waals surface area contributed by atoms with Crippen LogP contribution in [-0.4, -0.2) is 12.5 Å². The minimum absolute atomic E-state index is 0.0721. The van der Waals surface area contributed by atoms with E-state index in [0.29, 0.717) is 26.3 Å². The van der Waals surface area contributed by atoms with Crippen molar-refractivity contribution in [2.75, 3.05) is 11.9 Å². The third-order valence-corrected chi connectivity index (χ3v) is 5.21. The number of fused-ring (bicyclic) bond motifs is 1. The van der Waals surface area contributed by atoms with E-state index in [4.69, 9.17) is 48.4 Å². The Morgan fingerprint density at radius 1 is 1.10 bits per heavy atom. The summed E-state index contributed by atoms with van der Waals surface area (Å²) in [5, 5.41) is 3.98. The van der Waals surface area contributed by atoms with E-state index >= 15 is 0 Å². The Kier molecular flexibility index (Phi) is 5.96. The van der Waals surface area contributed by atoms with Crippen LogP contribution >= 0.6 is 34.8 Å². The first-order valence-electron chi connectivity index (χ1n) is 9.01. The van der Waals surface area contributed by atoms with Crippen LogP contribution in [0.25, 0.3) is 22.5 Å². The van der Waals surface area contributed by atoms with Crippen LogP contribution in [0, 0.1) is 6.92 Å². The van der Waals surface area contributed by atoms with Crippen LogP contribution < -0.4 is 15.5 Å². The molecule has 2 aromatic carbocycles. The molecule has 0 saturated carbocycles. The molecular formula is C22H14Cl3NO5. The highest BCUT2D eigenvalue weighted by Gasteiger charge is 2.21. The minimum atomic E-state index is -0.523. The van der Waals surface area contributed by atoms with Crippen LogP contribution in [0.2, 0.25) is 15.1 Å². The molecule has 2 heterocycles. The summed E-state index contributed by atoms with van der Waals surface area (Å²) in [6, 6.07) is 11.0. The van der Waals surface area contributed by atoms with Gasteiger partial charge in [-0.3, -0.25) is 9.59 Å². The Labute approximate surface area is 191 Å². The number of nitrogens with one attached hydrogen (secondary N) is 1. The molecule has 6 nitrogen and oxygen atoms in total. The molecule has 9 heteroatoms. The predicted molar refractivity (Wildman–Crippen MR) is 121 cm³/mol. The number of amides is 1. The van der Waals surface area contributed by atoms with E-state index in [9.17, 15) is 9.59 Å². The van der Waals surface area contributed by atoms with E-state index in [0.717, 1.165) is 5.56 Å². The normalized spacial score (nSPS) is 11.0. The molecule has 4 rings (SSSR count). The summed E-state index contributed by atoms with van der Waals surface area (Å²) in [5.41, 5.74) is 0.984. The zero-order chi connectivity index (χ0) is 22.1. The number of carbonyl (C=O) groups excluding carboxylic acids is 1. The summed E-state index contributed by atoms with van der Waals surface area (Å²) in [6.45, 7) is 1.33. The second kappa shape index (κ2) is 8.67. The van der Waals surface area contributed by atoms with E-state index in [2.05, 4.69) is 5.32 Å². The maximum absolute atomic E-state index is 13.1. The van der Waals surface area contributed by atoms with Gasteiger partial charge in [0.05, 0.1) is 11.6 Å². The van der Waals surface area contributed by atoms with Crippen LogP contribution in [0.5, 0.6) is 5.75 Å². The van der Waals surface area contributed by atoms with Gasteiger partial charge in [0.1, 0.15) is 5.58 Å². The number of carbonyl (C=O) groups is 1. The lowest BCUT2D eigenvalue weighted by Gasteiger charge is -2.11. The number of hydrogen-bond acceptors (Lipinski definition) is 5. The molecule has 0 unspecified atom stereocenters. The average molecular weight is 479 g/mol. The van der Waals surface area contributed by atoms with Gasteiger partial charge in [0.15, 0.2) is 12.4 Å². The van der Waals surface area contributed by atoms with Crippen molar-refractivity contribution < 1.29 is 18.4 Å². The molecule has 0 fully saturated rings. The van der Waals surface area contributed by atoms with Gasteiger partial charge in [-0.2, -0.15) is 0 Å². The van der Waals surface area contributed by atoms with Crippen LogP contribution in [-0.2, 0) is 4.79 Å². The smallest absolute Gasteiger partial charge is 0.262 e. The summed E-state index contributed by atoms with van der Waals surface area (Å²) >= 11 is 18.1. The van der Waals surface area contributed by atoms with Gasteiger partial charge in [0.2, 0.25) is 16.9 Å². The van der Waals surface area contributed by atoms with E-state index in [1.807, 2.05) is 0 Å². The fourth-order valence-corrected chi connectivity index (χ4v) is 3.65. The Hall–Kier alpha value is -2.93. The van der Waals surface area contributed by atoms with E-state index in [1.165, 1.54) is 30.5 Å². The molecule has 0 aliphatic heterocycles. The van der Waals surface area contributed by atoms with Gasteiger partial charge in [0, 0.05) is 20.8 Å². The molecule has 0 radical (unpaired) electrons. The molecule has 1 amide bonds. The average Bonchev–Trinajstić information content (AvgIpc) is 3.22. The molecule has 0 bridgehead atoms. The summed E-state index contributed by atoms with van der Waals surface area (Å²) < 4.78 is 16.8. The van der Waals surface area contributed by atoms with Crippen molar-refractivity contribution >= 4 is 57.4 Å². The monoisotopic (exact) mass is 477 g/mol. The Balaban J connectivity index is 1.68. The van der Waals surface area contributed by atoms with Crippen molar-refractivity contribution in [3.63, 3.8) is 0 Å². The zero-order valence-corrected chi connectivity index (χ0v) is 18.3. The number of aryl methyl sites for hydroxylation is 1. The predicted octanol–water partition coefficient (Wildman–Crippen LogP) is 6.34. The van der Waals surface area contributed by atoms with Crippen molar-refractivity contribution in [2.45, 2.75) is 6.92 Å². The third-order valence-electron chi connectivity index (χ3n) is 4.37. The molecule has 0 spiro atoms. The number of ether oxygens (including phenoxy) is 1. The molecule has 0 aliphatic carbocycles. The van der Waals surface area contributed by atoms with Gasteiger partial charge in [-0.25, -0.2) is 0 Å². The lowest BCUT2D eigenvalue weighted by Crippen LogP contribution is -2.22. The molecule has 0 atom stereocenters. The highest BCUT2D eigenvalue weighted by Crippen LogP contribution is 2.33. The zero-order valence-electron chi connectivity index (χ0n) is 16.0. The fourth-order valence-electron chi connectivity index (χ4n) is 2.96. The van der Waals surface area contributed by atoms with Crippen LogP contribution in [0.3, 0.4) is 0 Å². The number of furan rings is 1.